The lowest BCUT2D eigenvalue weighted by molar-refractivity contribution is 0.0808. The van der Waals surface area contributed by atoms with Crippen LogP contribution in [0.1, 0.15) is 21.5 Å². The summed E-state index contributed by atoms with van der Waals surface area (Å²) >= 11 is 8.74. The third-order valence-electron chi connectivity index (χ3n) is 6.15. The molecule has 1 atom stereocenters. The molecule has 1 aliphatic heterocycles. The van der Waals surface area contributed by atoms with Crippen LogP contribution in [0.2, 0.25) is 0 Å². The van der Waals surface area contributed by atoms with Crippen LogP contribution in [-0.4, -0.2) is 28.6 Å². The molecule has 3 nitrogen and oxygen atoms in total. The topological polar surface area (TPSA) is 29.5 Å². The largest absolute Gasteiger partial charge is 0.490 e. The molecule has 0 radical (unpaired) electrons. The van der Waals surface area contributed by atoms with E-state index in [4.69, 9.17) is 4.74 Å². The van der Waals surface area contributed by atoms with Crippen LogP contribution < -0.4 is 4.74 Å². The fourth-order valence-electron chi connectivity index (χ4n) is 4.53. The van der Waals surface area contributed by atoms with Gasteiger partial charge in [0.25, 0.3) is 0 Å². The first-order chi connectivity index (χ1) is 17.5. The van der Waals surface area contributed by atoms with Gasteiger partial charge in [0, 0.05) is 29.0 Å². The number of benzene rings is 4. The van der Waals surface area contributed by atoms with Gasteiger partial charge in [-0.05, 0) is 51.3 Å². The predicted molar refractivity (Wildman–Crippen MR) is 161 cm³/mol. The Morgan fingerprint density at radius 2 is 1.35 bits per heavy atom. The number of nitrogens with zero attached hydrogens (tertiary/aromatic N) is 1. The fraction of sp³-hybridized carbons (Fsp3) is 0.167. The summed E-state index contributed by atoms with van der Waals surface area (Å²) in [6.45, 7) is 2.29. The van der Waals surface area contributed by atoms with Gasteiger partial charge in [-0.1, -0.05) is 94.8 Å². The van der Waals surface area contributed by atoms with Gasteiger partial charge in [0.2, 0.25) is 0 Å². The second-order valence-corrected chi connectivity index (χ2v) is 12.1. The number of ether oxygens (including phenoxy) is 1. The van der Waals surface area contributed by atoms with Gasteiger partial charge in [0.15, 0.2) is 5.78 Å². The molecule has 5 rings (SSSR count). The van der Waals surface area contributed by atoms with Gasteiger partial charge in [0.05, 0.1) is 10.0 Å². The molecule has 1 heterocycles. The van der Waals surface area contributed by atoms with Gasteiger partial charge in [-0.2, -0.15) is 0 Å². The number of carbonyl (C=O) groups excluding carboxylic acids is 1. The zero-order chi connectivity index (χ0) is 25.0. The smallest absolute Gasteiger partial charge is 0.187 e. The standard InChI is InChI=1S/C30H25Br2NO2S.ClH/c31-24-16-26-28(27(32)17-24)35-21-30(29(26)34,36-25-14-8-3-9-15-25)20-33(18-22-10-4-1-5-11-22)19-23-12-6-2-7-13-23;/h1-17H,18-21H2;1H. The highest BCUT2D eigenvalue weighted by Crippen LogP contribution is 2.45. The highest BCUT2D eigenvalue weighted by Gasteiger charge is 2.47. The number of carbonyl (C=O) groups is 1. The average Bonchev–Trinajstić information content (AvgIpc) is 2.88. The van der Waals surface area contributed by atoms with Gasteiger partial charge in [-0.3, -0.25) is 9.69 Å². The second-order valence-electron chi connectivity index (χ2n) is 8.91. The lowest BCUT2D eigenvalue weighted by Crippen LogP contribution is -2.52. The summed E-state index contributed by atoms with van der Waals surface area (Å²) in [6, 6.07) is 34.8. The summed E-state index contributed by atoms with van der Waals surface area (Å²) < 4.78 is 7.15. The van der Waals surface area contributed by atoms with Crippen molar-refractivity contribution in [2.45, 2.75) is 22.7 Å². The van der Waals surface area contributed by atoms with E-state index in [2.05, 4.69) is 97.4 Å². The summed E-state index contributed by atoms with van der Waals surface area (Å²) in [5.41, 5.74) is 3.03. The van der Waals surface area contributed by atoms with Crippen molar-refractivity contribution in [3.8, 4) is 5.75 Å². The number of ketones is 1. The van der Waals surface area contributed by atoms with Gasteiger partial charge < -0.3 is 4.74 Å². The molecule has 0 amide bonds. The fourth-order valence-corrected chi connectivity index (χ4v) is 7.18. The Morgan fingerprint density at radius 1 is 0.811 bits per heavy atom. The molecule has 0 N–H and O–H groups in total. The molecule has 4 aromatic carbocycles. The van der Waals surface area contributed by atoms with E-state index >= 15 is 0 Å². The first kappa shape index (κ1) is 27.9. The number of rotatable bonds is 8. The molecule has 190 valence electrons. The number of fused-ring (bicyclic) bond motifs is 1. The van der Waals surface area contributed by atoms with E-state index in [0.29, 0.717) is 24.5 Å². The molecule has 7 heteroatoms. The Kier molecular flexibility index (Phi) is 9.54. The third-order valence-corrected chi connectivity index (χ3v) is 8.53. The maximum Gasteiger partial charge on any atom is 0.187 e. The van der Waals surface area contributed by atoms with Crippen LogP contribution in [0.3, 0.4) is 0 Å². The number of hydrogen-bond acceptors (Lipinski definition) is 4. The minimum atomic E-state index is -0.807. The van der Waals surface area contributed by atoms with Crippen LogP contribution in [0.5, 0.6) is 5.75 Å². The lowest BCUT2D eigenvalue weighted by Gasteiger charge is -2.40. The summed E-state index contributed by atoms with van der Waals surface area (Å²) in [6.07, 6.45) is 0. The van der Waals surface area contributed by atoms with Crippen LogP contribution >= 0.6 is 56.0 Å². The predicted octanol–water partition coefficient (Wildman–Crippen LogP) is 8.44. The van der Waals surface area contributed by atoms with Crippen LogP contribution in [0.4, 0.5) is 0 Å². The second kappa shape index (κ2) is 12.6. The quantitative estimate of drug-likeness (QED) is 0.190. The molecule has 0 saturated heterocycles. The Morgan fingerprint density at radius 3 is 1.92 bits per heavy atom. The minimum Gasteiger partial charge on any atom is -0.490 e. The normalized spacial score (nSPS) is 16.6. The van der Waals surface area contributed by atoms with Crippen LogP contribution in [0.15, 0.2) is 117 Å². The number of Topliss-reactive ketones (excluding diaryl/α,β-unsaturated/α-hetero) is 1. The molecule has 0 spiro atoms. The van der Waals surface area contributed by atoms with Crippen LogP contribution in [-0.2, 0) is 13.1 Å². The van der Waals surface area contributed by atoms with Crippen molar-refractivity contribution in [3.63, 3.8) is 0 Å². The van der Waals surface area contributed by atoms with E-state index in [0.717, 1.165) is 26.9 Å². The molecular formula is C30H26Br2ClNO2S. The molecule has 0 fully saturated rings. The SMILES string of the molecule is Cl.O=C1c2cc(Br)cc(Br)c2OCC1(CN(Cc1ccccc1)Cc1ccccc1)Sc1ccccc1. The summed E-state index contributed by atoms with van der Waals surface area (Å²) in [7, 11) is 0. The monoisotopic (exact) mass is 657 g/mol. The summed E-state index contributed by atoms with van der Waals surface area (Å²) in [5.74, 6) is 0.705. The van der Waals surface area contributed by atoms with E-state index < -0.39 is 4.75 Å². The highest BCUT2D eigenvalue weighted by molar-refractivity contribution is 9.11. The molecule has 4 aromatic rings. The summed E-state index contributed by atoms with van der Waals surface area (Å²) in [5, 5.41) is 0. The Labute approximate surface area is 245 Å². The molecule has 1 unspecified atom stereocenters. The lowest BCUT2D eigenvalue weighted by atomic mass is 9.93. The van der Waals surface area contributed by atoms with Gasteiger partial charge >= 0.3 is 0 Å². The van der Waals surface area contributed by atoms with Crippen molar-refractivity contribution in [3.05, 3.63) is 129 Å². The van der Waals surface area contributed by atoms with Crippen molar-refractivity contribution >= 4 is 61.8 Å². The van der Waals surface area contributed by atoms with E-state index in [1.165, 1.54) is 11.1 Å². The molecule has 0 saturated carbocycles. The average molecular weight is 660 g/mol. The van der Waals surface area contributed by atoms with E-state index in [9.17, 15) is 4.79 Å². The number of thioether (sulfide) groups is 1. The maximum atomic E-state index is 14.3. The van der Waals surface area contributed by atoms with Gasteiger partial charge in [-0.25, -0.2) is 0 Å². The van der Waals surface area contributed by atoms with Gasteiger partial charge in [-0.15, -0.1) is 24.2 Å². The van der Waals surface area contributed by atoms with E-state index in [1.54, 1.807) is 11.8 Å². The molecular weight excluding hydrogens is 634 g/mol. The molecule has 1 aliphatic rings. The molecule has 37 heavy (non-hydrogen) atoms. The minimum absolute atomic E-state index is 0. The van der Waals surface area contributed by atoms with Crippen molar-refractivity contribution in [1.82, 2.24) is 4.90 Å². The van der Waals surface area contributed by atoms with E-state index in [-0.39, 0.29) is 18.2 Å². The van der Waals surface area contributed by atoms with Crippen molar-refractivity contribution in [1.29, 1.82) is 0 Å². The van der Waals surface area contributed by atoms with Gasteiger partial charge in [0.1, 0.15) is 17.1 Å². The maximum absolute atomic E-state index is 14.3. The Bertz CT molecular complexity index is 1300. The highest BCUT2D eigenvalue weighted by atomic mass is 79.9. The Balaban J connectivity index is 0.00000320. The Hall–Kier alpha value is -2.09. The number of halogens is 3. The summed E-state index contributed by atoms with van der Waals surface area (Å²) in [4.78, 5) is 17.7. The molecule has 0 aliphatic carbocycles. The van der Waals surface area contributed by atoms with E-state index in [1.807, 2.05) is 42.5 Å². The zero-order valence-corrected chi connectivity index (χ0v) is 24.8. The first-order valence-corrected chi connectivity index (χ1v) is 14.1. The van der Waals surface area contributed by atoms with Crippen LogP contribution in [0.25, 0.3) is 0 Å². The first-order valence-electron chi connectivity index (χ1n) is 11.7. The van der Waals surface area contributed by atoms with Crippen molar-refractivity contribution in [2.24, 2.45) is 0 Å². The molecule has 0 bridgehead atoms. The molecule has 0 aromatic heterocycles. The third kappa shape index (κ3) is 6.68. The van der Waals surface area contributed by atoms with Crippen molar-refractivity contribution < 1.29 is 9.53 Å². The number of hydrogen-bond donors (Lipinski definition) is 0. The van der Waals surface area contributed by atoms with Crippen molar-refractivity contribution in [2.75, 3.05) is 13.2 Å². The van der Waals surface area contributed by atoms with Crippen LogP contribution in [0, 0.1) is 0 Å². The zero-order valence-electron chi connectivity index (χ0n) is 20.0.